The number of benzene rings is 1. The maximum Gasteiger partial charge on any atom is 0.251 e. The second-order valence-electron chi connectivity index (χ2n) is 9.28. The Bertz CT molecular complexity index is 1010. The van der Waals surface area contributed by atoms with Gasteiger partial charge in [0.2, 0.25) is 5.91 Å². The van der Waals surface area contributed by atoms with Crippen LogP contribution in [0.1, 0.15) is 37.1 Å². The van der Waals surface area contributed by atoms with Gasteiger partial charge in [0, 0.05) is 64.0 Å². The summed E-state index contributed by atoms with van der Waals surface area (Å²) in [5, 5.41) is 3.01. The third kappa shape index (κ3) is 4.54. The normalized spacial score (nSPS) is 22.3. The van der Waals surface area contributed by atoms with Crippen molar-refractivity contribution in [1.82, 2.24) is 19.8 Å². The highest BCUT2D eigenvalue weighted by molar-refractivity contribution is 5.81. The van der Waals surface area contributed by atoms with Gasteiger partial charge in [0.1, 0.15) is 17.2 Å². The molecular formula is C25H32N4O5. The number of ether oxygens (including phenoxy) is 3. The van der Waals surface area contributed by atoms with E-state index >= 15 is 0 Å². The Morgan fingerprint density at radius 1 is 1.18 bits per heavy atom. The molecule has 4 heterocycles. The van der Waals surface area contributed by atoms with Crippen molar-refractivity contribution >= 4 is 11.8 Å². The largest absolute Gasteiger partial charge is 0.497 e. The smallest absolute Gasteiger partial charge is 0.251 e. The van der Waals surface area contributed by atoms with Gasteiger partial charge in [-0.05, 0) is 30.5 Å². The van der Waals surface area contributed by atoms with Crippen LogP contribution in [0, 0.1) is 5.92 Å². The molecule has 9 nitrogen and oxygen atoms in total. The molecule has 1 N–H and O–H groups in total. The first-order valence-electron chi connectivity index (χ1n) is 12.0. The van der Waals surface area contributed by atoms with Crippen molar-refractivity contribution in [2.75, 3.05) is 33.4 Å². The molecule has 2 amide bonds. The number of hydrogen-bond acceptors (Lipinski definition) is 6. The van der Waals surface area contributed by atoms with Crippen LogP contribution in [-0.2, 0) is 37.8 Å². The van der Waals surface area contributed by atoms with Crippen molar-refractivity contribution in [3.05, 3.63) is 48.0 Å². The second-order valence-corrected chi connectivity index (χ2v) is 9.28. The Hall–Kier alpha value is -2.91. The molecule has 0 saturated carbocycles. The summed E-state index contributed by atoms with van der Waals surface area (Å²) in [5.74, 6) is 1.75. The maximum atomic E-state index is 13.1. The molecule has 3 aliphatic rings. The van der Waals surface area contributed by atoms with Gasteiger partial charge in [0.05, 0.1) is 13.7 Å². The van der Waals surface area contributed by atoms with Gasteiger partial charge in [-0.1, -0.05) is 12.1 Å². The Morgan fingerprint density at radius 3 is 2.62 bits per heavy atom. The van der Waals surface area contributed by atoms with Crippen LogP contribution >= 0.6 is 0 Å². The molecule has 1 aromatic carbocycles. The van der Waals surface area contributed by atoms with Gasteiger partial charge in [-0.2, -0.15) is 0 Å². The third-order valence-electron chi connectivity index (χ3n) is 7.22. The molecule has 5 rings (SSSR count). The second kappa shape index (κ2) is 9.76. The van der Waals surface area contributed by atoms with Gasteiger partial charge in [-0.3, -0.25) is 9.59 Å². The summed E-state index contributed by atoms with van der Waals surface area (Å²) in [4.78, 5) is 32.6. The lowest BCUT2D eigenvalue weighted by atomic mass is 9.87. The van der Waals surface area contributed by atoms with Gasteiger partial charge in [-0.25, -0.2) is 4.98 Å². The predicted octanol–water partition coefficient (Wildman–Crippen LogP) is 1.85. The van der Waals surface area contributed by atoms with Crippen molar-refractivity contribution < 1.29 is 23.8 Å². The minimum Gasteiger partial charge on any atom is -0.497 e. The minimum absolute atomic E-state index is 0.0496. The van der Waals surface area contributed by atoms with E-state index in [-0.39, 0.29) is 17.7 Å². The zero-order valence-corrected chi connectivity index (χ0v) is 19.6. The van der Waals surface area contributed by atoms with Crippen LogP contribution in [0.2, 0.25) is 0 Å². The van der Waals surface area contributed by atoms with Crippen molar-refractivity contribution in [2.24, 2.45) is 5.92 Å². The van der Waals surface area contributed by atoms with E-state index in [4.69, 9.17) is 14.2 Å². The molecule has 182 valence electrons. The lowest BCUT2D eigenvalue weighted by Crippen LogP contribution is -2.55. The zero-order chi connectivity index (χ0) is 23.5. The Labute approximate surface area is 199 Å². The van der Waals surface area contributed by atoms with Gasteiger partial charge >= 0.3 is 0 Å². The Balaban J connectivity index is 1.23. The number of hydrogen-bond donors (Lipinski definition) is 1. The molecule has 1 spiro atoms. The van der Waals surface area contributed by atoms with Crippen molar-refractivity contribution in [3.8, 4) is 5.75 Å². The molecule has 0 bridgehead atoms. The molecule has 3 aliphatic heterocycles. The lowest BCUT2D eigenvalue weighted by Gasteiger charge is -2.46. The summed E-state index contributed by atoms with van der Waals surface area (Å²) < 4.78 is 19.1. The molecule has 34 heavy (non-hydrogen) atoms. The first-order chi connectivity index (χ1) is 16.6. The predicted molar refractivity (Wildman–Crippen MR) is 123 cm³/mol. The van der Waals surface area contributed by atoms with E-state index in [1.165, 1.54) is 0 Å². The highest BCUT2D eigenvalue weighted by Crippen LogP contribution is 2.40. The topological polar surface area (TPSA) is 94.9 Å². The summed E-state index contributed by atoms with van der Waals surface area (Å²) >= 11 is 0. The number of likely N-dealkylation sites (tertiary alicyclic amines) is 1. The fourth-order valence-electron chi connectivity index (χ4n) is 5.21. The highest BCUT2D eigenvalue weighted by atomic mass is 16.5. The summed E-state index contributed by atoms with van der Waals surface area (Å²) in [5.41, 5.74) is 0.332. The quantitative estimate of drug-likeness (QED) is 0.720. The number of rotatable bonds is 5. The van der Waals surface area contributed by atoms with E-state index in [1.54, 1.807) is 13.3 Å². The fraction of sp³-hybridized carbons (Fsp3) is 0.560. The molecule has 1 atom stereocenters. The van der Waals surface area contributed by atoms with Crippen molar-refractivity contribution in [3.63, 3.8) is 0 Å². The van der Waals surface area contributed by atoms with Gasteiger partial charge < -0.3 is 29.0 Å². The summed E-state index contributed by atoms with van der Waals surface area (Å²) in [6, 6.07) is 7.62. The van der Waals surface area contributed by atoms with E-state index in [0.29, 0.717) is 52.2 Å². The summed E-state index contributed by atoms with van der Waals surface area (Å²) in [7, 11) is 1.63. The van der Waals surface area contributed by atoms with Crippen LogP contribution in [-0.4, -0.2) is 65.8 Å². The number of carbonyl (C=O) groups excluding carboxylic acids is 2. The first-order valence-corrected chi connectivity index (χ1v) is 12.0. The van der Waals surface area contributed by atoms with Crippen LogP contribution < -0.4 is 10.1 Å². The van der Waals surface area contributed by atoms with Crippen LogP contribution in [0.3, 0.4) is 0 Å². The zero-order valence-electron chi connectivity index (χ0n) is 19.6. The van der Waals surface area contributed by atoms with Gasteiger partial charge in [0.25, 0.3) is 5.91 Å². The van der Waals surface area contributed by atoms with E-state index in [9.17, 15) is 9.59 Å². The molecule has 2 saturated heterocycles. The van der Waals surface area contributed by atoms with Crippen LogP contribution in [0.5, 0.6) is 5.75 Å². The Kier molecular flexibility index (Phi) is 6.56. The molecule has 0 unspecified atom stereocenters. The number of aromatic nitrogens is 2. The lowest BCUT2D eigenvalue weighted by molar-refractivity contribution is -0.177. The highest BCUT2D eigenvalue weighted by Gasteiger charge is 2.48. The minimum atomic E-state index is -0.656. The molecule has 9 heteroatoms. The van der Waals surface area contributed by atoms with E-state index < -0.39 is 11.7 Å². The average molecular weight is 469 g/mol. The third-order valence-corrected chi connectivity index (χ3v) is 7.22. The number of imidazole rings is 1. The number of piperidine rings is 1. The van der Waals surface area contributed by atoms with Gasteiger partial charge in [-0.15, -0.1) is 0 Å². The molecule has 0 aliphatic carbocycles. The number of fused-ring (bicyclic) bond motifs is 2. The molecule has 2 aromatic rings. The maximum absolute atomic E-state index is 13.1. The average Bonchev–Trinajstić information content (AvgIpc) is 3.38. The SMILES string of the molecule is COc1ccc(CNC(=O)[C@H]2Cn3ccnc3C3(CCN(C(=O)C4CCOCC4)CC3)O2)cc1. The van der Waals surface area contributed by atoms with E-state index in [1.807, 2.05) is 39.9 Å². The first kappa shape index (κ1) is 22.9. The molecule has 2 fully saturated rings. The van der Waals surface area contributed by atoms with Crippen LogP contribution in [0.15, 0.2) is 36.7 Å². The molecular weight excluding hydrogens is 436 g/mol. The molecule has 0 radical (unpaired) electrons. The fourth-order valence-corrected chi connectivity index (χ4v) is 5.21. The summed E-state index contributed by atoms with van der Waals surface area (Å²) in [6.45, 7) is 3.35. The molecule has 1 aromatic heterocycles. The number of carbonyl (C=O) groups is 2. The Morgan fingerprint density at radius 2 is 1.91 bits per heavy atom. The van der Waals surface area contributed by atoms with E-state index in [2.05, 4.69) is 10.3 Å². The van der Waals surface area contributed by atoms with Crippen molar-refractivity contribution in [2.45, 2.75) is 50.5 Å². The number of nitrogens with one attached hydrogen (secondary N) is 1. The number of amides is 2. The van der Waals surface area contributed by atoms with E-state index in [0.717, 1.165) is 30.0 Å². The number of methoxy groups -OCH3 is 1. The van der Waals surface area contributed by atoms with Crippen molar-refractivity contribution in [1.29, 1.82) is 0 Å². The number of nitrogens with zero attached hydrogens (tertiary/aromatic N) is 3. The van der Waals surface area contributed by atoms with Crippen LogP contribution in [0.25, 0.3) is 0 Å². The monoisotopic (exact) mass is 468 g/mol. The van der Waals surface area contributed by atoms with Gasteiger partial charge in [0.15, 0.2) is 6.10 Å². The standard InChI is InChI=1S/C25H32N4O5/c1-32-20-4-2-18(3-5-20)16-27-22(30)21-17-29-13-10-26-24(29)25(34-21)8-11-28(12-9-25)23(31)19-6-14-33-15-7-19/h2-5,10,13,19,21H,6-9,11-12,14-17H2,1H3,(H,27,30)/t21-/m1/s1. The van der Waals surface area contributed by atoms with Crippen LogP contribution in [0.4, 0.5) is 0 Å². The summed E-state index contributed by atoms with van der Waals surface area (Å²) in [6.07, 6.45) is 5.89.